The highest BCUT2D eigenvalue weighted by Crippen LogP contribution is 2.28. The van der Waals surface area contributed by atoms with E-state index in [9.17, 15) is 0 Å². The van der Waals surface area contributed by atoms with Crippen molar-refractivity contribution in [3.05, 3.63) is 28.8 Å². The van der Waals surface area contributed by atoms with Gasteiger partial charge in [-0.05, 0) is 44.0 Å². The predicted molar refractivity (Wildman–Crippen MR) is 72.3 cm³/mol. The Labute approximate surface area is 107 Å². The third-order valence-electron chi connectivity index (χ3n) is 2.24. The average molecular weight is 253 g/mol. The first-order chi connectivity index (χ1) is 8.04. The maximum absolute atomic E-state index is 5.22. The highest BCUT2D eigenvalue weighted by atomic mass is 32.2. The van der Waals surface area contributed by atoms with Gasteiger partial charge in [-0.1, -0.05) is 17.7 Å². The van der Waals surface area contributed by atoms with Crippen molar-refractivity contribution < 1.29 is 9.02 Å². The molecule has 0 aliphatic heterocycles. The van der Waals surface area contributed by atoms with Crippen LogP contribution in [0, 0.1) is 20.8 Å². The maximum atomic E-state index is 5.22. The molecule has 0 heterocycles. The van der Waals surface area contributed by atoms with Crippen LogP contribution in [0.1, 0.15) is 30.5 Å². The quantitative estimate of drug-likeness (QED) is 0.351. The lowest BCUT2D eigenvalue weighted by atomic mass is 10.1. The van der Waals surface area contributed by atoms with Crippen LogP contribution in [0.3, 0.4) is 0 Å². The minimum Gasteiger partial charge on any atom is -0.479 e. The Morgan fingerprint density at radius 2 is 1.82 bits per heavy atom. The second-order valence-electron chi connectivity index (χ2n) is 3.93. The van der Waals surface area contributed by atoms with Crippen molar-refractivity contribution in [3.63, 3.8) is 0 Å². The lowest BCUT2D eigenvalue weighted by molar-refractivity contribution is 0.293. The summed E-state index contributed by atoms with van der Waals surface area (Å²) in [5.41, 5.74) is 3.67. The molecule has 4 heteroatoms. The van der Waals surface area contributed by atoms with Gasteiger partial charge < -0.3 is 9.02 Å². The van der Waals surface area contributed by atoms with Crippen LogP contribution in [0.4, 0.5) is 0 Å². The van der Waals surface area contributed by atoms with Crippen molar-refractivity contribution in [2.75, 3.05) is 6.61 Å². The molecule has 0 N–H and O–H groups in total. The fourth-order valence-corrected chi connectivity index (χ4v) is 2.24. The van der Waals surface area contributed by atoms with Crippen LogP contribution in [0.5, 0.6) is 0 Å². The van der Waals surface area contributed by atoms with E-state index >= 15 is 0 Å². The highest BCUT2D eigenvalue weighted by molar-refractivity contribution is 7.94. The van der Waals surface area contributed by atoms with E-state index in [1.54, 1.807) is 6.92 Å². The van der Waals surface area contributed by atoms with E-state index in [0.717, 1.165) is 4.90 Å². The van der Waals surface area contributed by atoms with E-state index < -0.39 is 0 Å². The topological polar surface area (TPSA) is 30.8 Å². The number of nitrogens with zero attached hydrogens (tertiary/aromatic N) is 1. The number of ether oxygens (including phenoxy) is 1. The van der Waals surface area contributed by atoms with Gasteiger partial charge in [0.1, 0.15) is 12.0 Å². The van der Waals surface area contributed by atoms with Crippen molar-refractivity contribution in [3.8, 4) is 0 Å². The Bertz CT molecular complexity index is 393. The molecule has 94 valence electrons. The molecule has 0 radical (unpaired) electrons. The van der Waals surface area contributed by atoms with Gasteiger partial charge in [0.25, 0.3) is 0 Å². The number of oxime groups is 1. The van der Waals surface area contributed by atoms with Gasteiger partial charge in [-0.15, -0.1) is 0 Å². The van der Waals surface area contributed by atoms with Gasteiger partial charge in [0.15, 0.2) is 0 Å². The lowest BCUT2D eigenvalue weighted by Gasteiger charge is -2.08. The molecule has 0 saturated heterocycles. The lowest BCUT2D eigenvalue weighted by Crippen LogP contribution is -1.98. The zero-order valence-electron chi connectivity index (χ0n) is 11.0. The fraction of sp³-hybridized carbons (Fsp3) is 0.462. The molecule has 0 saturated carbocycles. The summed E-state index contributed by atoms with van der Waals surface area (Å²) in [6.07, 6.45) is 0. The molecule has 1 aromatic carbocycles. The van der Waals surface area contributed by atoms with E-state index in [-0.39, 0.29) is 0 Å². The number of aryl methyl sites for hydroxylation is 3. The summed E-state index contributed by atoms with van der Waals surface area (Å²) in [6.45, 7) is 10.5. The Kier molecular flexibility index (Phi) is 5.35. The largest absolute Gasteiger partial charge is 0.479 e. The first-order valence-electron chi connectivity index (χ1n) is 5.63. The molecular weight excluding hydrogens is 234 g/mol. The van der Waals surface area contributed by atoms with Crippen molar-refractivity contribution in [1.82, 2.24) is 0 Å². The third-order valence-corrected chi connectivity index (χ3v) is 3.20. The monoisotopic (exact) mass is 253 g/mol. The average Bonchev–Trinajstić information content (AvgIpc) is 2.22. The molecule has 0 aliphatic carbocycles. The van der Waals surface area contributed by atoms with Crippen molar-refractivity contribution in [2.45, 2.75) is 39.5 Å². The number of hydrogen-bond acceptors (Lipinski definition) is 4. The van der Waals surface area contributed by atoms with Crippen LogP contribution in [-0.2, 0) is 9.02 Å². The summed E-state index contributed by atoms with van der Waals surface area (Å²) in [7, 11) is 0. The molecule has 1 rings (SSSR count). The van der Waals surface area contributed by atoms with E-state index in [0.29, 0.717) is 12.5 Å². The molecule has 0 atom stereocenters. The van der Waals surface area contributed by atoms with Gasteiger partial charge in [0.2, 0.25) is 5.90 Å². The molecule has 0 amide bonds. The minimum atomic E-state index is 0.544. The van der Waals surface area contributed by atoms with E-state index in [4.69, 9.17) is 9.02 Å². The molecule has 0 unspecified atom stereocenters. The first-order valence-corrected chi connectivity index (χ1v) is 6.37. The second-order valence-corrected chi connectivity index (χ2v) is 4.65. The first kappa shape index (κ1) is 13.9. The van der Waals surface area contributed by atoms with Gasteiger partial charge in [-0.3, -0.25) is 0 Å². The van der Waals surface area contributed by atoms with Crippen LogP contribution in [0.15, 0.2) is 22.2 Å². The van der Waals surface area contributed by atoms with Gasteiger partial charge in [0, 0.05) is 6.92 Å². The van der Waals surface area contributed by atoms with Crippen LogP contribution in [0.2, 0.25) is 0 Å². The normalized spacial score (nSPS) is 11.5. The third kappa shape index (κ3) is 4.30. The molecule has 17 heavy (non-hydrogen) atoms. The molecule has 0 spiro atoms. The second kappa shape index (κ2) is 6.55. The number of hydrogen-bond donors (Lipinski definition) is 0. The van der Waals surface area contributed by atoms with Crippen LogP contribution < -0.4 is 0 Å². The van der Waals surface area contributed by atoms with Crippen molar-refractivity contribution in [1.29, 1.82) is 0 Å². The van der Waals surface area contributed by atoms with E-state index in [2.05, 4.69) is 38.1 Å². The van der Waals surface area contributed by atoms with Crippen LogP contribution in [-0.4, -0.2) is 12.5 Å². The molecule has 0 aromatic heterocycles. The Hall–Kier alpha value is -1.16. The zero-order chi connectivity index (χ0) is 12.8. The molecule has 1 aromatic rings. The highest BCUT2D eigenvalue weighted by Gasteiger charge is 2.06. The molecule has 0 bridgehead atoms. The summed E-state index contributed by atoms with van der Waals surface area (Å²) in [5.74, 6) is 0.544. The van der Waals surface area contributed by atoms with E-state index in [1.807, 2.05) is 6.92 Å². The van der Waals surface area contributed by atoms with Gasteiger partial charge in [-0.25, -0.2) is 0 Å². The molecule has 3 nitrogen and oxygen atoms in total. The van der Waals surface area contributed by atoms with E-state index in [1.165, 1.54) is 28.7 Å². The van der Waals surface area contributed by atoms with Crippen LogP contribution >= 0.6 is 12.0 Å². The van der Waals surface area contributed by atoms with Crippen LogP contribution in [0.25, 0.3) is 0 Å². The summed E-state index contributed by atoms with van der Waals surface area (Å²) in [4.78, 5) is 1.11. The molecule has 0 fully saturated rings. The maximum Gasteiger partial charge on any atom is 0.223 e. The fourth-order valence-electron chi connectivity index (χ4n) is 1.64. The van der Waals surface area contributed by atoms with Crippen molar-refractivity contribution in [2.24, 2.45) is 5.16 Å². The van der Waals surface area contributed by atoms with Gasteiger partial charge in [-0.2, -0.15) is 0 Å². The van der Waals surface area contributed by atoms with Crippen molar-refractivity contribution >= 4 is 17.9 Å². The SMILES string of the molecule is CCO/C(C)=N\OSc1c(C)cc(C)cc1C. The zero-order valence-corrected chi connectivity index (χ0v) is 11.9. The summed E-state index contributed by atoms with van der Waals surface area (Å²) >= 11 is 1.27. The number of rotatable bonds is 4. The summed E-state index contributed by atoms with van der Waals surface area (Å²) in [5, 5.41) is 3.87. The Morgan fingerprint density at radius 1 is 1.24 bits per heavy atom. The standard InChI is InChI=1S/C13H19NO2S/c1-6-15-12(5)14-16-17-13-10(3)7-9(2)8-11(13)4/h7-8H,6H2,1-5H3/b14-12-. The minimum absolute atomic E-state index is 0.544. The Morgan fingerprint density at radius 3 is 2.35 bits per heavy atom. The smallest absolute Gasteiger partial charge is 0.223 e. The van der Waals surface area contributed by atoms with Gasteiger partial charge >= 0.3 is 0 Å². The molecular formula is C13H19NO2S. The summed E-state index contributed by atoms with van der Waals surface area (Å²) in [6, 6.07) is 4.27. The number of benzene rings is 1. The summed E-state index contributed by atoms with van der Waals surface area (Å²) < 4.78 is 10.4. The molecule has 0 aliphatic rings. The van der Waals surface area contributed by atoms with Gasteiger partial charge in [0.05, 0.1) is 11.5 Å². The Balaban J connectivity index is 2.67. The predicted octanol–water partition coefficient (Wildman–Crippen LogP) is 4.01.